The van der Waals surface area contributed by atoms with E-state index >= 15 is 0 Å². The first kappa shape index (κ1) is 11.9. The standard InChI is InChI=1S/C12H15FN2O2/c13-10-6-8(15-12(16)7-14)4-5-11(10)17-9-2-1-3-9/h4-6,9H,1-3,7,14H2,(H,15,16). The van der Waals surface area contributed by atoms with Gasteiger partial charge < -0.3 is 15.8 Å². The minimum Gasteiger partial charge on any atom is -0.487 e. The van der Waals surface area contributed by atoms with Crippen LogP contribution in [0, 0.1) is 5.82 Å². The zero-order chi connectivity index (χ0) is 12.3. The zero-order valence-electron chi connectivity index (χ0n) is 9.41. The van der Waals surface area contributed by atoms with Gasteiger partial charge in [0.05, 0.1) is 12.6 Å². The van der Waals surface area contributed by atoms with E-state index in [-0.39, 0.29) is 24.3 Å². The van der Waals surface area contributed by atoms with Crippen LogP contribution in [0.2, 0.25) is 0 Å². The molecule has 1 amide bonds. The van der Waals surface area contributed by atoms with E-state index in [9.17, 15) is 9.18 Å². The second-order valence-electron chi connectivity index (χ2n) is 4.07. The number of carbonyl (C=O) groups excluding carboxylic acids is 1. The van der Waals surface area contributed by atoms with Crippen LogP contribution in [-0.4, -0.2) is 18.6 Å². The Hall–Kier alpha value is -1.62. The lowest BCUT2D eigenvalue weighted by molar-refractivity contribution is -0.114. The number of amides is 1. The van der Waals surface area contributed by atoms with Crippen molar-refractivity contribution in [2.75, 3.05) is 11.9 Å². The van der Waals surface area contributed by atoms with Crippen LogP contribution in [0.5, 0.6) is 5.75 Å². The molecule has 0 unspecified atom stereocenters. The maximum Gasteiger partial charge on any atom is 0.238 e. The minimum atomic E-state index is -0.466. The number of carbonyl (C=O) groups is 1. The van der Waals surface area contributed by atoms with Gasteiger partial charge in [0.1, 0.15) is 0 Å². The first-order valence-electron chi connectivity index (χ1n) is 5.65. The third kappa shape index (κ3) is 2.94. The molecule has 1 aromatic carbocycles. The van der Waals surface area contributed by atoms with Crippen molar-refractivity contribution in [3.63, 3.8) is 0 Å². The molecule has 2 rings (SSSR count). The summed E-state index contributed by atoms with van der Waals surface area (Å²) in [6.07, 6.45) is 3.22. The molecular formula is C12H15FN2O2. The summed E-state index contributed by atoms with van der Waals surface area (Å²) in [4.78, 5) is 11.0. The number of ether oxygens (including phenoxy) is 1. The fourth-order valence-electron chi connectivity index (χ4n) is 1.55. The molecule has 0 aromatic heterocycles. The summed E-state index contributed by atoms with van der Waals surface area (Å²) >= 11 is 0. The van der Waals surface area contributed by atoms with Gasteiger partial charge >= 0.3 is 0 Å². The van der Waals surface area contributed by atoms with Gasteiger partial charge in [0.25, 0.3) is 0 Å². The maximum atomic E-state index is 13.6. The zero-order valence-corrected chi connectivity index (χ0v) is 9.41. The molecule has 0 aliphatic heterocycles. The molecule has 4 nitrogen and oxygen atoms in total. The molecule has 0 atom stereocenters. The molecule has 0 spiro atoms. The third-order valence-electron chi connectivity index (χ3n) is 2.75. The molecule has 92 valence electrons. The van der Waals surface area contributed by atoms with E-state index in [1.807, 2.05) is 0 Å². The Morgan fingerprint density at radius 2 is 2.29 bits per heavy atom. The van der Waals surface area contributed by atoms with Crippen molar-refractivity contribution in [3.05, 3.63) is 24.0 Å². The van der Waals surface area contributed by atoms with Crippen LogP contribution in [0.4, 0.5) is 10.1 Å². The molecule has 1 aliphatic rings. The first-order chi connectivity index (χ1) is 8.19. The lowest BCUT2D eigenvalue weighted by atomic mass is 9.96. The molecule has 0 radical (unpaired) electrons. The molecule has 17 heavy (non-hydrogen) atoms. The molecule has 1 aliphatic carbocycles. The van der Waals surface area contributed by atoms with Gasteiger partial charge in [-0.1, -0.05) is 0 Å². The smallest absolute Gasteiger partial charge is 0.238 e. The van der Waals surface area contributed by atoms with E-state index in [1.54, 1.807) is 6.07 Å². The second-order valence-corrected chi connectivity index (χ2v) is 4.07. The van der Waals surface area contributed by atoms with Crippen LogP contribution < -0.4 is 15.8 Å². The van der Waals surface area contributed by atoms with Gasteiger partial charge in [-0.3, -0.25) is 4.79 Å². The summed E-state index contributed by atoms with van der Waals surface area (Å²) in [7, 11) is 0. The summed E-state index contributed by atoms with van der Waals surface area (Å²) in [5.41, 5.74) is 5.54. The number of nitrogens with two attached hydrogens (primary N) is 1. The van der Waals surface area contributed by atoms with Crippen LogP contribution >= 0.6 is 0 Å². The van der Waals surface area contributed by atoms with E-state index in [0.717, 1.165) is 19.3 Å². The van der Waals surface area contributed by atoms with Crippen LogP contribution in [0.25, 0.3) is 0 Å². The third-order valence-corrected chi connectivity index (χ3v) is 2.75. The highest BCUT2D eigenvalue weighted by Crippen LogP contribution is 2.28. The van der Waals surface area contributed by atoms with E-state index < -0.39 is 5.82 Å². The number of hydrogen-bond donors (Lipinski definition) is 2. The van der Waals surface area contributed by atoms with Crippen molar-refractivity contribution < 1.29 is 13.9 Å². The number of rotatable bonds is 4. The largest absolute Gasteiger partial charge is 0.487 e. The first-order valence-corrected chi connectivity index (χ1v) is 5.65. The Morgan fingerprint density at radius 1 is 1.53 bits per heavy atom. The molecule has 1 saturated carbocycles. The lowest BCUT2D eigenvalue weighted by Crippen LogP contribution is -2.25. The molecule has 0 saturated heterocycles. The van der Waals surface area contributed by atoms with E-state index in [1.165, 1.54) is 12.1 Å². The van der Waals surface area contributed by atoms with Crippen LogP contribution in [-0.2, 0) is 4.79 Å². The molecular weight excluding hydrogens is 223 g/mol. The quantitative estimate of drug-likeness (QED) is 0.838. The number of nitrogens with one attached hydrogen (secondary N) is 1. The Morgan fingerprint density at radius 3 is 2.82 bits per heavy atom. The fraction of sp³-hybridized carbons (Fsp3) is 0.417. The summed E-state index contributed by atoms with van der Waals surface area (Å²) in [5.74, 6) is -0.579. The van der Waals surface area contributed by atoms with Crippen molar-refractivity contribution in [2.24, 2.45) is 5.73 Å². The van der Waals surface area contributed by atoms with E-state index in [0.29, 0.717) is 5.69 Å². The summed E-state index contributed by atoms with van der Waals surface area (Å²) in [6, 6.07) is 4.37. The highest BCUT2D eigenvalue weighted by atomic mass is 19.1. The fourth-order valence-corrected chi connectivity index (χ4v) is 1.55. The minimum absolute atomic E-state index is 0.123. The van der Waals surface area contributed by atoms with Crippen LogP contribution in [0.3, 0.4) is 0 Å². The average molecular weight is 238 g/mol. The SMILES string of the molecule is NCC(=O)Nc1ccc(OC2CCC2)c(F)c1. The number of halogens is 1. The van der Waals surface area contributed by atoms with Gasteiger partial charge in [-0.05, 0) is 31.4 Å². The Balaban J connectivity index is 2.02. The molecule has 5 heteroatoms. The van der Waals surface area contributed by atoms with Crippen molar-refractivity contribution in [2.45, 2.75) is 25.4 Å². The van der Waals surface area contributed by atoms with Gasteiger partial charge in [0.15, 0.2) is 11.6 Å². The topological polar surface area (TPSA) is 64.4 Å². The number of benzene rings is 1. The second kappa shape index (κ2) is 5.14. The van der Waals surface area contributed by atoms with Crippen molar-refractivity contribution >= 4 is 11.6 Å². The predicted molar refractivity (Wildman–Crippen MR) is 62.4 cm³/mol. The lowest BCUT2D eigenvalue weighted by Gasteiger charge is -2.26. The van der Waals surface area contributed by atoms with Gasteiger partial charge in [-0.2, -0.15) is 0 Å². The number of anilines is 1. The molecule has 3 N–H and O–H groups in total. The molecule has 1 fully saturated rings. The predicted octanol–water partition coefficient (Wildman–Crippen LogP) is 1.65. The van der Waals surface area contributed by atoms with E-state index in [4.69, 9.17) is 10.5 Å². The highest BCUT2D eigenvalue weighted by molar-refractivity contribution is 5.92. The van der Waals surface area contributed by atoms with Crippen molar-refractivity contribution in [1.29, 1.82) is 0 Å². The monoisotopic (exact) mass is 238 g/mol. The molecule has 0 heterocycles. The van der Waals surface area contributed by atoms with Gasteiger partial charge in [-0.25, -0.2) is 4.39 Å². The highest BCUT2D eigenvalue weighted by Gasteiger charge is 2.20. The normalized spacial score (nSPS) is 15.2. The van der Waals surface area contributed by atoms with Gasteiger partial charge in [0.2, 0.25) is 5.91 Å². The average Bonchev–Trinajstić information content (AvgIpc) is 2.25. The van der Waals surface area contributed by atoms with Gasteiger partial charge in [-0.15, -0.1) is 0 Å². The Kier molecular flexibility index (Phi) is 3.58. The van der Waals surface area contributed by atoms with Crippen LogP contribution in [0.1, 0.15) is 19.3 Å². The summed E-state index contributed by atoms with van der Waals surface area (Å²) < 4.78 is 19.1. The Bertz CT molecular complexity index is 419. The summed E-state index contributed by atoms with van der Waals surface area (Å²) in [6.45, 7) is -0.123. The van der Waals surface area contributed by atoms with E-state index in [2.05, 4.69) is 5.32 Å². The molecule has 1 aromatic rings. The number of hydrogen-bond acceptors (Lipinski definition) is 3. The molecule has 0 bridgehead atoms. The van der Waals surface area contributed by atoms with Crippen molar-refractivity contribution in [1.82, 2.24) is 0 Å². The summed E-state index contributed by atoms with van der Waals surface area (Å²) in [5, 5.41) is 2.48. The van der Waals surface area contributed by atoms with Crippen LogP contribution in [0.15, 0.2) is 18.2 Å². The van der Waals surface area contributed by atoms with Gasteiger partial charge in [0, 0.05) is 11.8 Å². The Labute approximate surface area is 98.9 Å². The maximum absolute atomic E-state index is 13.6. The van der Waals surface area contributed by atoms with Crippen molar-refractivity contribution in [3.8, 4) is 5.75 Å².